The van der Waals surface area contributed by atoms with Gasteiger partial charge in [0.25, 0.3) is 21.9 Å². The van der Waals surface area contributed by atoms with E-state index < -0.39 is 16.0 Å². The van der Waals surface area contributed by atoms with E-state index in [1.165, 1.54) is 4.90 Å². The fourth-order valence-corrected chi connectivity index (χ4v) is 5.87. The molecule has 32 heavy (non-hydrogen) atoms. The van der Waals surface area contributed by atoms with Gasteiger partial charge < -0.3 is 4.90 Å². The number of benzene rings is 2. The Morgan fingerprint density at radius 1 is 0.969 bits per heavy atom. The highest BCUT2D eigenvalue weighted by Crippen LogP contribution is 2.44. The molecule has 0 N–H and O–H groups in total. The van der Waals surface area contributed by atoms with Crippen molar-refractivity contribution >= 4 is 61.5 Å². The van der Waals surface area contributed by atoms with E-state index in [1.54, 1.807) is 17.9 Å². The second-order valence-electron chi connectivity index (χ2n) is 7.09. The summed E-state index contributed by atoms with van der Waals surface area (Å²) in [6.07, 6.45) is 0. The lowest BCUT2D eigenvalue weighted by Crippen LogP contribution is -2.33. The number of nitrogens with zero attached hydrogens (tertiary/aromatic N) is 2. The van der Waals surface area contributed by atoms with Gasteiger partial charge >= 0.3 is 0 Å². The molecule has 0 atom stereocenters. The summed E-state index contributed by atoms with van der Waals surface area (Å²) in [6, 6.07) is 16.9. The molecule has 4 rings (SSSR count). The standard InChI is InChI=1S/C22H20N2O5S3/c1-2-29-32(27,28)13-12-23-21(26)19(31-22(23)30)18-16-10-6-7-11-17(16)24(20(18)25)14-15-8-4-3-5-9-15/h3-11H,2,12-14H2,1H3/b19-18+. The van der Waals surface area contributed by atoms with Gasteiger partial charge in [-0.25, -0.2) is 0 Å². The van der Waals surface area contributed by atoms with Crippen LogP contribution in [0.3, 0.4) is 0 Å². The Morgan fingerprint density at radius 3 is 2.38 bits per heavy atom. The second kappa shape index (κ2) is 9.14. The summed E-state index contributed by atoms with van der Waals surface area (Å²) in [5.41, 5.74) is 2.64. The Morgan fingerprint density at radius 2 is 1.66 bits per heavy atom. The molecule has 0 unspecified atom stereocenters. The molecule has 2 aromatic rings. The number of fused-ring (bicyclic) bond motifs is 1. The van der Waals surface area contributed by atoms with Crippen molar-refractivity contribution in [2.24, 2.45) is 0 Å². The summed E-state index contributed by atoms with van der Waals surface area (Å²) in [5.74, 6) is -1.12. The number of anilines is 1. The van der Waals surface area contributed by atoms with Crippen molar-refractivity contribution < 1.29 is 22.2 Å². The minimum Gasteiger partial charge on any atom is -0.303 e. The summed E-state index contributed by atoms with van der Waals surface area (Å²) in [5, 5.41) is 0. The van der Waals surface area contributed by atoms with Crippen LogP contribution in [-0.4, -0.2) is 48.4 Å². The van der Waals surface area contributed by atoms with Crippen LogP contribution in [0.25, 0.3) is 5.57 Å². The number of amides is 2. The number of carbonyl (C=O) groups is 2. The molecule has 2 amide bonds. The average Bonchev–Trinajstić information content (AvgIpc) is 3.20. The number of rotatable bonds is 7. The monoisotopic (exact) mass is 488 g/mol. The van der Waals surface area contributed by atoms with Gasteiger partial charge in [0, 0.05) is 12.1 Å². The molecule has 7 nitrogen and oxygen atoms in total. The summed E-state index contributed by atoms with van der Waals surface area (Å²) in [6.45, 7) is 1.83. The molecule has 1 fully saturated rings. The molecule has 10 heteroatoms. The smallest absolute Gasteiger partial charge is 0.269 e. The Balaban J connectivity index is 1.66. The van der Waals surface area contributed by atoms with Crippen molar-refractivity contribution in [1.29, 1.82) is 0 Å². The van der Waals surface area contributed by atoms with Gasteiger partial charge in [0.15, 0.2) is 0 Å². The quantitative estimate of drug-likeness (QED) is 0.336. The predicted molar refractivity (Wildman–Crippen MR) is 128 cm³/mol. The van der Waals surface area contributed by atoms with Gasteiger partial charge in [-0.1, -0.05) is 72.5 Å². The zero-order valence-electron chi connectivity index (χ0n) is 17.2. The first-order valence-electron chi connectivity index (χ1n) is 9.92. The molecular weight excluding hydrogens is 468 g/mol. The van der Waals surface area contributed by atoms with E-state index >= 15 is 0 Å². The van der Waals surface area contributed by atoms with Crippen LogP contribution in [0.2, 0.25) is 0 Å². The SMILES string of the molecule is CCOS(=O)(=O)CCN1C(=O)/C(=C2\C(=O)N(Cc3ccccc3)c3ccccc32)SC1=S. The Labute approximate surface area is 196 Å². The maximum atomic E-state index is 13.4. The maximum Gasteiger partial charge on any atom is 0.269 e. The Kier molecular flexibility index (Phi) is 6.47. The first-order chi connectivity index (χ1) is 15.3. The van der Waals surface area contributed by atoms with Crippen molar-refractivity contribution in [1.82, 2.24) is 4.90 Å². The van der Waals surface area contributed by atoms with Crippen LogP contribution in [0.5, 0.6) is 0 Å². The van der Waals surface area contributed by atoms with Crippen molar-refractivity contribution in [3.8, 4) is 0 Å². The van der Waals surface area contributed by atoms with Crippen LogP contribution in [0.4, 0.5) is 5.69 Å². The minimum absolute atomic E-state index is 0.0211. The third-order valence-corrected chi connectivity index (χ3v) is 7.77. The molecule has 2 aliphatic rings. The van der Waals surface area contributed by atoms with E-state index in [0.717, 1.165) is 23.0 Å². The van der Waals surface area contributed by atoms with E-state index in [0.29, 0.717) is 17.7 Å². The first-order valence-corrected chi connectivity index (χ1v) is 12.7. The topological polar surface area (TPSA) is 84.0 Å². The molecule has 2 aliphatic heterocycles. The predicted octanol–water partition coefficient (Wildman–Crippen LogP) is 3.17. The van der Waals surface area contributed by atoms with E-state index in [4.69, 9.17) is 16.4 Å². The fourth-order valence-electron chi connectivity index (χ4n) is 3.61. The molecule has 0 aliphatic carbocycles. The summed E-state index contributed by atoms with van der Waals surface area (Å²) < 4.78 is 28.7. The first kappa shape index (κ1) is 22.7. The van der Waals surface area contributed by atoms with E-state index in [-0.39, 0.29) is 34.0 Å². The van der Waals surface area contributed by atoms with Gasteiger partial charge in [0.2, 0.25) is 0 Å². The highest BCUT2D eigenvalue weighted by atomic mass is 32.2. The number of hydrogen-bond acceptors (Lipinski definition) is 7. The van der Waals surface area contributed by atoms with E-state index in [9.17, 15) is 18.0 Å². The normalized spacial score (nSPS) is 18.6. The lowest BCUT2D eigenvalue weighted by molar-refractivity contribution is -0.122. The van der Waals surface area contributed by atoms with E-state index in [1.807, 2.05) is 48.5 Å². The fraction of sp³-hybridized carbons (Fsp3) is 0.227. The lowest BCUT2D eigenvalue weighted by Gasteiger charge is -2.17. The zero-order chi connectivity index (χ0) is 22.9. The molecule has 0 bridgehead atoms. The molecule has 0 spiro atoms. The number of thioether (sulfide) groups is 1. The summed E-state index contributed by atoms with van der Waals surface area (Å²) in [4.78, 5) is 29.7. The number of thiocarbonyl (C=S) groups is 1. The van der Waals surface area contributed by atoms with Gasteiger partial charge in [-0.3, -0.25) is 18.7 Å². The van der Waals surface area contributed by atoms with Crippen LogP contribution in [0, 0.1) is 0 Å². The molecule has 2 heterocycles. The number of carbonyl (C=O) groups excluding carboxylic acids is 2. The zero-order valence-corrected chi connectivity index (χ0v) is 19.6. The van der Waals surface area contributed by atoms with Crippen LogP contribution >= 0.6 is 24.0 Å². The second-order valence-corrected chi connectivity index (χ2v) is 10.5. The third kappa shape index (κ3) is 4.36. The molecule has 1 saturated heterocycles. The van der Waals surface area contributed by atoms with E-state index in [2.05, 4.69) is 0 Å². The van der Waals surface area contributed by atoms with Crippen molar-refractivity contribution in [3.63, 3.8) is 0 Å². The number of hydrogen-bond donors (Lipinski definition) is 0. The molecule has 0 aromatic heterocycles. The highest BCUT2D eigenvalue weighted by molar-refractivity contribution is 8.26. The van der Waals surface area contributed by atoms with Gasteiger partial charge in [-0.05, 0) is 18.6 Å². The van der Waals surface area contributed by atoms with Gasteiger partial charge in [-0.2, -0.15) is 8.42 Å². The highest BCUT2D eigenvalue weighted by Gasteiger charge is 2.42. The van der Waals surface area contributed by atoms with Gasteiger partial charge in [0.1, 0.15) is 4.32 Å². The molecule has 2 aromatic carbocycles. The summed E-state index contributed by atoms with van der Waals surface area (Å²) >= 11 is 6.35. The van der Waals surface area contributed by atoms with Gasteiger partial charge in [-0.15, -0.1) is 0 Å². The number of para-hydroxylation sites is 1. The van der Waals surface area contributed by atoms with Crippen LogP contribution in [0.15, 0.2) is 59.5 Å². The van der Waals surface area contributed by atoms with Crippen LogP contribution < -0.4 is 4.90 Å². The molecular formula is C22H20N2O5S3. The Bertz CT molecular complexity index is 1230. The molecule has 0 saturated carbocycles. The van der Waals surface area contributed by atoms with Crippen molar-refractivity contribution in [3.05, 3.63) is 70.6 Å². The van der Waals surface area contributed by atoms with Gasteiger partial charge in [0.05, 0.1) is 35.1 Å². The maximum absolute atomic E-state index is 13.4. The lowest BCUT2D eigenvalue weighted by atomic mass is 10.1. The van der Waals surface area contributed by atoms with Crippen LogP contribution in [-0.2, 0) is 30.4 Å². The van der Waals surface area contributed by atoms with Crippen molar-refractivity contribution in [2.75, 3.05) is 23.8 Å². The Hall–Kier alpha value is -2.53. The summed E-state index contributed by atoms with van der Waals surface area (Å²) in [7, 11) is -3.76. The molecule has 166 valence electrons. The minimum atomic E-state index is -3.76. The largest absolute Gasteiger partial charge is 0.303 e. The van der Waals surface area contributed by atoms with Crippen LogP contribution in [0.1, 0.15) is 18.1 Å². The van der Waals surface area contributed by atoms with Crippen molar-refractivity contribution in [2.45, 2.75) is 13.5 Å². The average molecular weight is 489 g/mol. The third-order valence-electron chi connectivity index (χ3n) is 5.05. The molecule has 0 radical (unpaired) electrons.